The normalized spacial score (nSPS) is 12.3. The van der Waals surface area contributed by atoms with E-state index < -0.39 is 0 Å². The number of hydrogen-bond acceptors (Lipinski definition) is 1. The quantitative estimate of drug-likeness (QED) is 0.660. The van der Waals surface area contributed by atoms with Crippen molar-refractivity contribution in [2.75, 3.05) is 0 Å². The Labute approximate surface area is 88.3 Å². The number of nitrogens with one attached hydrogen (secondary N) is 1. The van der Waals surface area contributed by atoms with E-state index in [-0.39, 0.29) is 5.41 Å². The minimum absolute atomic E-state index is 0.113. The molecule has 14 heavy (non-hydrogen) atoms. The average Bonchev–Trinajstić information content (AvgIpc) is 2.48. The van der Waals surface area contributed by atoms with Gasteiger partial charge in [-0.15, -0.1) is 0 Å². The van der Waals surface area contributed by atoms with Gasteiger partial charge in [0.2, 0.25) is 0 Å². The highest BCUT2D eigenvalue weighted by Crippen LogP contribution is 2.28. The summed E-state index contributed by atoms with van der Waals surface area (Å²) >= 11 is 5.98. The highest BCUT2D eigenvalue weighted by Gasteiger charge is 2.16. The molecule has 0 aliphatic rings. The maximum absolute atomic E-state index is 5.98. The molecule has 2 aromatic heterocycles. The molecular formula is C11H13ClN2. The van der Waals surface area contributed by atoms with Gasteiger partial charge in [-0.1, -0.05) is 32.4 Å². The van der Waals surface area contributed by atoms with Crippen molar-refractivity contribution in [3.05, 3.63) is 29.2 Å². The highest BCUT2D eigenvalue weighted by molar-refractivity contribution is 6.33. The molecule has 74 valence electrons. The second-order valence-electron chi connectivity index (χ2n) is 4.50. The number of fused-ring (bicyclic) bond motifs is 1. The molecule has 0 aliphatic heterocycles. The summed E-state index contributed by atoms with van der Waals surface area (Å²) < 4.78 is 0. The molecule has 0 fully saturated rings. The Balaban J connectivity index is 2.69. The molecule has 0 unspecified atom stereocenters. The van der Waals surface area contributed by atoms with Gasteiger partial charge in [-0.25, -0.2) is 4.98 Å². The van der Waals surface area contributed by atoms with E-state index in [0.29, 0.717) is 5.15 Å². The van der Waals surface area contributed by atoms with Gasteiger partial charge in [-0.2, -0.15) is 0 Å². The lowest BCUT2D eigenvalue weighted by molar-refractivity contribution is 0.574. The van der Waals surface area contributed by atoms with Crippen LogP contribution in [0.5, 0.6) is 0 Å². The van der Waals surface area contributed by atoms with Crippen molar-refractivity contribution in [1.82, 2.24) is 9.97 Å². The van der Waals surface area contributed by atoms with Gasteiger partial charge in [-0.05, 0) is 12.1 Å². The van der Waals surface area contributed by atoms with Crippen LogP contribution in [0, 0.1) is 0 Å². The first kappa shape index (κ1) is 9.53. The van der Waals surface area contributed by atoms with Gasteiger partial charge in [0, 0.05) is 22.7 Å². The topological polar surface area (TPSA) is 28.7 Å². The molecule has 0 aromatic carbocycles. The predicted octanol–water partition coefficient (Wildman–Crippen LogP) is 3.51. The first-order chi connectivity index (χ1) is 6.48. The standard InChI is InChI=1S/C11H13ClN2/c1-11(2,3)8-6-7-4-5-13-10(12)9(7)14-8/h4-6,14H,1-3H3. The van der Waals surface area contributed by atoms with Gasteiger partial charge in [0.25, 0.3) is 0 Å². The van der Waals surface area contributed by atoms with Crippen LogP contribution in [-0.4, -0.2) is 9.97 Å². The van der Waals surface area contributed by atoms with Crippen LogP contribution < -0.4 is 0 Å². The molecule has 2 nitrogen and oxygen atoms in total. The first-order valence-electron chi connectivity index (χ1n) is 4.62. The van der Waals surface area contributed by atoms with E-state index in [2.05, 4.69) is 36.8 Å². The van der Waals surface area contributed by atoms with Crippen LogP contribution in [0.4, 0.5) is 0 Å². The Hall–Kier alpha value is -1.02. The number of rotatable bonds is 0. The zero-order chi connectivity index (χ0) is 10.3. The van der Waals surface area contributed by atoms with Gasteiger partial charge in [-0.3, -0.25) is 0 Å². The number of pyridine rings is 1. The maximum Gasteiger partial charge on any atom is 0.153 e. The Morgan fingerprint density at radius 1 is 1.36 bits per heavy atom. The lowest BCUT2D eigenvalue weighted by Gasteiger charge is -2.15. The molecule has 3 heteroatoms. The Bertz CT molecular complexity index is 466. The summed E-state index contributed by atoms with van der Waals surface area (Å²) in [6.07, 6.45) is 1.73. The third kappa shape index (κ3) is 1.50. The van der Waals surface area contributed by atoms with Gasteiger partial charge in [0.15, 0.2) is 5.15 Å². The fraction of sp³-hybridized carbons (Fsp3) is 0.364. The van der Waals surface area contributed by atoms with Crippen LogP contribution >= 0.6 is 11.6 Å². The average molecular weight is 209 g/mol. The minimum Gasteiger partial charge on any atom is -0.355 e. The fourth-order valence-electron chi connectivity index (χ4n) is 1.42. The van der Waals surface area contributed by atoms with Crippen LogP contribution in [0.15, 0.2) is 18.3 Å². The Morgan fingerprint density at radius 3 is 2.64 bits per heavy atom. The molecule has 2 heterocycles. The molecule has 0 bridgehead atoms. The molecular weight excluding hydrogens is 196 g/mol. The summed E-state index contributed by atoms with van der Waals surface area (Å²) in [5, 5.41) is 1.66. The van der Waals surface area contributed by atoms with Crippen molar-refractivity contribution in [2.45, 2.75) is 26.2 Å². The SMILES string of the molecule is CC(C)(C)c1cc2ccnc(Cl)c2[nH]1. The number of H-pyrrole nitrogens is 1. The van der Waals surface area contributed by atoms with Gasteiger partial charge in [0.05, 0.1) is 5.52 Å². The summed E-state index contributed by atoms with van der Waals surface area (Å²) in [7, 11) is 0. The zero-order valence-electron chi connectivity index (χ0n) is 8.56. The molecule has 1 N–H and O–H groups in total. The van der Waals surface area contributed by atoms with Crippen LogP contribution in [-0.2, 0) is 5.41 Å². The Morgan fingerprint density at radius 2 is 2.07 bits per heavy atom. The third-order valence-electron chi connectivity index (χ3n) is 2.30. The fourth-order valence-corrected chi connectivity index (χ4v) is 1.64. The summed E-state index contributed by atoms with van der Waals surface area (Å²) in [5.74, 6) is 0. The van der Waals surface area contributed by atoms with E-state index in [1.165, 1.54) is 5.69 Å². The molecule has 0 atom stereocenters. The van der Waals surface area contributed by atoms with Crippen LogP contribution in [0.25, 0.3) is 10.9 Å². The maximum atomic E-state index is 5.98. The summed E-state index contributed by atoms with van der Waals surface area (Å²) in [5.41, 5.74) is 2.23. The van der Waals surface area contributed by atoms with E-state index in [4.69, 9.17) is 11.6 Å². The molecule has 0 amide bonds. The van der Waals surface area contributed by atoms with Crippen molar-refractivity contribution in [3.63, 3.8) is 0 Å². The van der Waals surface area contributed by atoms with Gasteiger partial charge < -0.3 is 4.98 Å². The summed E-state index contributed by atoms with van der Waals surface area (Å²) in [4.78, 5) is 7.35. The second-order valence-corrected chi connectivity index (χ2v) is 4.86. The molecule has 0 saturated heterocycles. The smallest absolute Gasteiger partial charge is 0.153 e. The van der Waals surface area contributed by atoms with Crippen molar-refractivity contribution in [2.24, 2.45) is 0 Å². The largest absolute Gasteiger partial charge is 0.355 e. The first-order valence-corrected chi connectivity index (χ1v) is 5.00. The van der Waals surface area contributed by atoms with E-state index >= 15 is 0 Å². The van der Waals surface area contributed by atoms with Crippen LogP contribution in [0.3, 0.4) is 0 Å². The van der Waals surface area contributed by atoms with Gasteiger partial charge in [0.1, 0.15) is 0 Å². The minimum atomic E-state index is 0.113. The molecule has 0 spiro atoms. The van der Waals surface area contributed by atoms with Gasteiger partial charge >= 0.3 is 0 Å². The molecule has 0 aliphatic carbocycles. The molecule has 2 rings (SSSR count). The van der Waals surface area contributed by atoms with Crippen LogP contribution in [0.2, 0.25) is 5.15 Å². The van der Waals surface area contributed by atoms with Crippen molar-refractivity contribution in [1.29, 1.82) is 0 Å². The lowest BCUT2D eigenvalue weighted by Crippen LogP contribution is -2.10. The van der Waals surface area contributed by atoms with Crippen molar-refractivity contribution >= 4 is 22.5 Å². The third-order valence-corrected chi connectivity index (χ3v) is 2.59. The number of halogens is 1. The predicted molar refractivity (Wildman–Crippen MR) is 59.8 cm³/mol. The summed E-state index contributed by atoms with van der Waals surface area (Å²) in [6.45, 7) is 6.50. The van der Waals surface area contributed by atoms with Crippen molar-refractivity contribution in [3.8, 4) is 0 Å². The number of aromatic amines is 1. The van der Waals surface area contributed by atoms with E-state index in [0.717, 1.165) is 10.9 Å². The number of aromatic nitrogens is 2. The Kier molecular flexibility index (Phi) is 2.04. The van der Waals surface area contributed by atoms with Crippen molar-refractivity contribution < 1.29 is 0 Å². The summed E-state index contributed by atoms with van der Waals surface area (Å²) in [6, 6.07) is 4.09. The molecule has 0 saturated carbocycles. The number of nitrogens with zero attached hydrogens (tertiary/aromatic N) is 1. The van der Waals surface area contributed by atoms with E-state index in [1.54, 1.807) is 6.20 Å². The lowest BCUT2D eigenvalue weighted by atomic mass is 9.92. The zero-order valence-corrected chi connectivity index (χ0v) is 9.31. The monoisotopic (exact) mass is 208 g/mol. The highest BCUT2D eigenvalue weighted by atomic mass is 35.5. The van der Waals surface area contributed by atoms with Crippen LogP contribution in [0.1, 0.15) is 26.5 Å². The number of hydrogen-bond donors (Lipinski definition) is 1. The molecule has 0 radical (unpaired) electrons. The van der Waals surface area contributed by atoms with E-state index in [9.17, 15) is 0 Å². The van der Waals surface area contributed by atoms with E-state index in [1.807, 2.05) is 6.07 Å². The molecule has 2 aromatic rings. The second kappa shape index (κ2) is 2.99.